The predicted octanol–water partition coefficient (Wildman–Crippen LogP) is 3.79. The van der Waals surface area contributed by atoms with Gasteiger partial charge >= 0.3 is 0 Å². The third kappa shape index (κ3) is 3.33. The normalized spacial score (nSPS) is 10.4. The minimum atomic E-state index is -0.149. The maximum absolute atomic E-state index is 12.3. The summed E-state index contributed by atoms with van der Waals surface area (Å²) in [5.74, 6) is 0.989. The van der Waals surface area contributed by atoms with Gasteiger partial charge < -0.3 is 14.8 Å². The zero-order valence-electron chi connectivity index (χ0n) is 13.7. The highest BCUT2D eigenvalue weighted by Gasteiger charge is 2.10. The van der Waals surface area contributed by atoms with Crippen molar-refractivity contribution in [2.75, 3.05) is 14.2 Å². The number of carbonyl (C=O) groups excluding carboxylic acids is 1. The van der Waals surface area contributed by atoms with Crippen LogP contribution < -0.4 is 14.8 Å². The van der Waals surface area contributed by atoms with Crippen molar-refractivity contribution in [1.82, 2.24) is 5.32 Å². The van der Waals surface area contributed by atoms with Crippen LogP contribution in [-0.2, 0) is 6.54 Å². The standard InChI is InChI=1S/C20H19NO3/c1-23-18-10-9-17(12-19(18)24-2)20(22)21-13-14-7-8-15-5-3-4-6-16(15)11-14/h3-12H,13H2,1-2H3,(H,21,22). The van der Waals surface area contributed by atoms with Crippen LogP contribution in [0, 0.1) is 0 Å². The Bertz CT molecular complexity index is 874. The van der Waals surface area contributed by atoms with E-state index in [2.05, 4.69) is 29.6 Å². The Morgan fingerprint density at radius 1 is 0.875 bits per heavy atom. The summed E-state index contributed by atoms with van der Waals surface area (Å²) in [5.41, 5.74) is 1.59. The molecule has 0 fully saturated rings. The van der Waals surface area contributed by atoms with Crippen LogP contribution in [0.1, 0.15) is 15.9 Å². The third-order valence-electron chi connectivity index (χ3n) is 3.91. The van der Waals surface area contributed by atoms with Gasteiger partial charge in [0.25, 0.3) is 5.91 Å². The first kappa shape index (κ1) is 15.9. The van der Waals surface area contributed by atoms with Gasteiger partial charge in [0.1, 0.15) is 0 Å². The topological polar surface area (TPSA) is 47.6 Å². The molecule has 0 saturated carbocycles. The number of hydrogen-bond acceptors (Lipinski definition) is 3. The molecule has 0 aliphatic rings. The Balaban J connectivity index is 1.72. The van der Waals surface area contributed by atoms with Gasteiger partial charge in [0.05, 0.1) is 14.2 Å². The lowest BCUT2D eigenvalue weighted by Gasteiger charge is -2.10. The van der Waals surface area contributed by atoms with Gasteiger partial charge in [-0.2, -0.15) is 0 Å². The predicted molar refractivity (Wildman–Crippen MR) is 94.7 cm³/mol. The van der Waals surface area contributed by atoms with Crippen LogP contribution in [-0.4, -0.2) is 20.1 Å². The Labute approximate surface area is 141 Å². The van der Waals surface area contributed by atoms with Gasteiger partial charge in [-0.3, -0.25) is 4.79 Å². The SMILES string of the molecule is COc1ccc(C(=O)NCc2ccc3ccccc3c2)cc1OC. The number of fused-ring (bicyclic) bond motifs is 1. The van der Waals surface area contributed by atoms with Crippen LogP contribution in [0.3, 0.4) is 0 Å². The highest BCUT2D eigenvalue weighted by Crippen LogP contribution is 2.27. The molecule has 0 heterocycles. The summed E-state index contributed by atoms with van der Waals surface area (Å²) in [6, 6.07) is 19.5. The number of ether oxygens (including phenoxy) is 2. The minimum Gasteiger partial charge on any atom is -0.493 e. The molecule has 0 aliphatic carbocycles. The molecule has 4 nitrogen and oxygen atoms in total. The molecule has 0 atom stereocenters. The van der Waals surface area contributed by atoms with Crippen molar-refractivity contribution in [3.8, 4) is 11.5 Å². The molecule has 0 bridgehead atoms. The number of benzene rings is 3. The molecule has 122 valence electrons. The average Bonchev–Trinajstić information content (AvgIpc) is 2.65. The van der Waals surface area contributed by atoms with Gasteiger partial charge in [0.2, 0.25) is 0 Å². The minimum absolute atomic E-state index is 0.149. The maximum Gasteiger partial charge on any atom is 0.251 e. The van der Waals surface area contributed by atoms with E-state index in [1.54, 1.807) is 32.4 Å². The monoisotopic (exact) mass is 321 g/mol. The third-order valence-corrected chi connectivity index (χ3v) is 3.91. The van der Waals surface area contributed by atoms with Gasteiger partial charge in [-0.25, -0.2) is 0 Å². The Morgan fingerprint density at radius 2 is 1.62 bits per heavy atom. The van der Waals surface area contributed by atoms with E-state index in [4.69, 9.17) is 9.47 Å². The van der Waals surface area contributed by atoms with Crippen molar-refractivity contribution < 1.29 is 14.3 Å². The molecule has 4 heteroatoms. The van der Waals surface area contributed by atoms with E-state index < -0.39 is 0 Å². The lowest BCUT2D eigenvalue weighted by Crippen LogP contribution is -2.22. The van der Waals surface area contributed by atoms with E-state index in [0.717, 1.165) is 10.9 Å². The second-order valence-corrected chi connectivity index (χ2v) is 5.43. The van der Waals surface area contributed by atoms with Crippen LogP contribution in [0.25, 0.3) is 10.8 Å². The summed E-state index contributed by atoms with van der Waals surface area (Å²) >= 11 is 0. The number of nitrogens with one attached hydrogen (secondary N) is 1. The van der Waals surface area contributed by atoms with E-state index in [0.29, 0.717) is 23.6 Å². The van der Waals surface area contributed by atoms with Crippen molar-refractivity contribution in [3.63, 3.8) is 0 Å². The number of hydrogen-bond donors (Lipinski definition) is 1. The molecule has 0 aromatic heterocycles. The second kappa shape index (κ2) is 7.04. The Hall–Kier alpha value is -3.01. The van der Waals surface area contributed by atoms with Gasteiger partial charge in [-0.05, 0) is 40.6 Å². The highest BCUT2D eigenvalue weighted by atomic mass is 16.5. The van der Waals surface area contributed by atoms with Crippen molar-refractivity contribution in [2.24, 2.45) is 0 Å². The summed E-state index contributed by atoms with van der Waals surface area (Å²) in [6.07, 6.45) is 0. The summed E-state index contributed by atoms with van der Waals surface area (Å²) in [4.78, 5) is 12.3. The second-order valence-electron chi connectivity index (χ2n) is 5.43. The van der Waals surface area contributed by atoms with E-state index in [1.807, 2.05) is 18.2 Å². The molecule has 3 rings (SSSR count). The van der Waals surface area contributed by atoms with Crippen molar-refractivity contribution in [1.29, 1.82) is 0 Å². The Morgan fingerprint density at radius 3 is 2.38 bits per heavy atom. The van der Waals surface area contributed by atoms with Gasteiger partial charge in [0.15, 0.2) is 11.5 Å². The first-order chi connectivity index (χ1) is 11.7. The van der Waals surface area contributed by atoms with E-state index >= 15 is 0 Å². The van der Waals surface area contributed by atoms with Crippen molar-refractivity contribution >= 4 is 16.7 Å². The van der Waals surface area contributed by atoms with Gasteiger partial charge in [-0.1, -0.05) is 36.4 Å². The van der Waals surface area contributed by atoms with Crippen LogP contribution >= 0.6 is 0 Å². The maximum atomic E-state index is 12.3. The summed E-state index contributed by atoms with van der Waals surface area (Å²) < 4.78 is 10.4. The van der Waals surface area contributed by atoms with Gasteiger partial charge in [-0.15, -0.1) is 0 Å². The van der Waals surface area contributed by atoms with Gasteiger partial charge in [0, 0.05) is 12.1 Å². The molecular formula is C20H19NO3. The molecule has 0 saturated heterocycles. The molecule has 3 aromatic rings. The largest absolute Gasteiger partial charge is 0.493 e. The lowest BCUT2D eigenvalue weighted by atomic mass is 10.1. The fourth-order valence-electron chi connectivity index (χ4n) is 2.61. The first-order valence-electron chi connectivity index (χ1n) is 7.69. The van der Waals surface area contributed by atoms with E-state index in [1.165, 1.54) is 5.39 Å². The summed E-state index contributed by atoms with van der Waals surface area (Å²) in [7, 11) is 3.12. The van der Waals surface area contributed by atoms with E-state index in [-0.39, 0.29) is 5.91 Å². The van der Waals surface area contributed by atoms with Crippen molar-refractivity contribution in [2.45, 2.75) is 6.54 Å². The van der Waals surface area contributed by atoms with Crippen LogP contribution in [0.15, 0.2) is 60.7 Å². The first-order valence-corrected chi connectivity index (χ1v) is 7.69. The summed E-state index contributed by atoms with van der Waals surface area (Å²) in [6.45, 7) is 0.470. The Kier molecular flexibility index (Phi) is 4.66. The number of amides is 1. The summed E-state index contributed by atoms with van der Waals surface area (Å²) in [5, 5.41) is 5.28. The fourth-order valence-corrected chi connectivity index (χ4v) is 2.61. The number of rotatable bonds is 5. The van der Waals surface area contributed by atoms with Crippen molar-refractivity contribution in [3.05, 3.63) is 71.8 Å². The molecule has 0 radical (unpaired) electrons. The molecule has 0 aliphatic heterocycles. The smallest absolute Gasteiger partial charge is 0.251 e. The highest BCUT2D eigenvalue weighted by molar-refractivity contribution is 5.95. The number of methoxy groups -OCH3 is 2. The lowest BCUT2D eigenvalue weighted by molar-refractivity contribution is 0.0950. The average molecular weight is 321 g/mol. The zero-order chi connectivity index (χ0) is 16.9. The zero-order valence-corrected chi connectivity index (χ0v) is 13.7. The molecular weight excluding hydrogens is 302 g/mol. The molecule has 1 amide bonds. The molecule has 0 spiro atoms. The molecule has 3 aromatic carbocycles. The molecule has 0 unspecified atom stereocenters. The molecule has 24 heavy (non-hydrogen) atoms. The quantitative estimate of drug-likeness (QED) is 0.778. The van der Waals surface area contributed by atoms with Crippen LogP contribution in [0.2, 0.25) is 0 Å². The molecule has 1 N–H and O–H groups in total. The fraction of sp³-hybridized carbons (Fsp3) is 0.150. The van der Waals surface area contributed by atoms with Crippen LogP contribution in [0.4, 0.5) is 0 Å². The van der Waals surface area contributed by atoms with Crippen LogP contribution in [0.5, 0.6) is 11.5 Å². The van der Waals surface area contributed by atoms with E-state index in [9.17, 15) is 4.79 Å². The number of carbonyl (C=O) groups is 1.